The zero-order valence-electron chi connectivity index (χ0n) is 11.3. The lowest BCUT2D eigenvalue weighted by Crippen LogP contribution is -2.00. The molecule has 0 radical (unpaired) electrons. The first kappa shape index (κ1) is 12.5. The summed E-state index contributed by atoms with van der Waals surface area (Å²) in [4.78, 5) is 8.83. The Balaban J connectivity index is 2.55. The van der Waals surface area contributed by atoms with Crippen molar-refractivity contribution < 1.29 is 4.39 Å². The SMILES string of the molecule is CCCc1nc(C)c2c(C#N)nc3ccc(F)cc3n12. The van der Waals surface area contributed by atoms with E-state index < -0.39 is 0 Å². The third kappa shape index (κ3) is 1.73. The van der Waals surface area contributed by atoms with Crippen LogP contribution < -0.4 is 0 Å². The van der Waals surface area contributed by atoms with Crippen molar-refractivity contribution in [1.82, 2.24) is 14.4 Å². The summed E-state index contributed by atoms with van der Waals surface area (Å²) < 4.78 is 15.4. The number of aryl methyl sites for hydroxylation is 2. The Labute approximate surface area is 115 Å². The van der Waals surface area contributed by atoms with E-state index >= 15 is 0 Å². The standard InChI is InChI=1S/C15H13FN4/c1-3-4-14-18-9(2)15-12(8-17)19-11-6-5-10(16)7-13(11)20(14)15/h5-7H,3-4H2,1-2H3. The second kappa shape index (κ2) is 4.57. The number of hydrogen-bond acceptors (Lipinski definition) is 3. The fourth-order valence-electron chi connectivity index (χ4n) is 2.54. The van der Waals surface area contributed by atoms with Gasteiger partial charge in [-0.05, 0) is 25.5 Å². The van der Waals surface area contributed by atoms with Gasteiger partial charge in [0.15, 0.2) is 5.69 Å². The highest BCUT2D eigenvalue weighted by Gasteiger charge is 2.16. The molecule has 0 N–H and O–H groups in total. The van der Waals surface area contributed by atoms with Crippen molar-refractivity contribution in [2.75, 3.05) is 0 Å². The van der Waals surface area contributed by atoms with Crippen molar-refractivity contribution in [2.45, 2.75) is 26.7 Å². The quantitative estimate of drug-likeness (QED) is 0.717. The molecule has 20 heavy (non-hydrogen) atoms. The number of hydrogen-bond donors (Lipinski definition) is 0. The number of nitriles is 1. The average molecular weight is 268 g/mol. The van der Waals surface area contributed by atoms with E-state index in [9.17, 15) is 9.65 Å². The second-order valence-corrected chi connectivity index (χ2v) is 4.75. The van der Waals surface area contributed by atoms with Crippen LogP contribution in [0, 0.1) is 24.1 Å². The minimum absolute atomic E-state index is 0.320. The number of fused-ring (bicyclic) bond motifs is 3. The third-order valence-corrected chi connectivity index (χ3v) is 3.34. The topological polar surface area (TPSA) is 54.0 Å². The zero-order valence-corrected chi connectivity index (χ0v) is 11.3. The van der Waals surface area contributed by atoms with Crippen molar-refractivity contribution in [1.29, 1.82) is 5.26 Å². The Morgan fingerprint density at radius 3 is 2.85 bits per heavy atom. The summed E-state index contributed by atoms with van der Waals surface area (Å²) in [6.07, 6.45) is 1.70. The van der Waals surface area contributed by atoms with E-state index in [-0.39, 0.29) is 5.82 Å². The molecule has 1 aromatic carbocycles. The van der Waals surface area contributed by atoms with Gasteiger partial charge in [-0.2, -0.15) is 5.26 Å². The van der Waals surface area contributed by atoms with Crippen LogP contribution in [0.5, 0.6) is 0 Å². The van der Waals surface area contributed by atoms with Crippen LogP contribution in [0.4, 0.5) is 4.39 Å². The van der Waals surface area contributed by atoms with Crippen LogP contribution in [-0.4, -0.2) is 14.4 Å². The van der Waals surface area contributed by atoms with E-state index in [4.69, 9.17) is 0 Å². The summed E-state index contributed by atoms with van der Waals surface area (Å²) in [5.41, 5.74) is 3.02. The summed E-state index contributed by atoms with van der Waals surface area (Å²) >= 11 is 0. The fourth-order valence-corrected chi connectivity index (χ4v) is 2.54. The minimum Gasteiger partial charge on any atom is -0.292 e. The highest BCUT2D eigenvalue weighted by atomic mass is 19.1. The highest BCUT2D eigenvalue weighted by molar-refractivity contribution is 5.82. The van der Waals surface area contributed by atoms with Crippen molar-refractivity contribution >= 4 is 16.6 Å². The van der Waals surface area contributed by atoms with Gasteiger partial charge in [-0.3, -0.25) is 4.40 Å². The smallest absolute Gasteiger partial charge is 0.167 e. The maximum Gasteiger partial charge on any atom is 0.167 e. The lowest BCUT2D eigenvalue weighted by atomic mass is 10.2. The third-order valence-electron chi connectivity index (χ3n) is 3.34. The van der Waals surface area contributed by atoms with E-state index in [0.717, 1.165) is 24.4 Å². The molecule has 0 unspecified atom stereocenters. The van der Waals surface area contributed by atoms with Crippen LogP contribution >= 0.6 is 0 Å². The first-order valence-electron chi connectivity index (χ1n) is 6.53. The van der Waals surface area contributed by atoms with Gasteiger partial charge in [0, 0.05) is 12.5 Å². The molecular formula is C15H13FN4. The van der Waals surface area contributed by atoms with E-state index in [2.05, 4.69) is 23.0 Å². The molecule has 3 aromatic rings. The number of benzene rings is 1. The van der Waals surface area contributed by atoms with Crippen molar-refractivity contribution in [3.8, 4) is 6.07 Å². The predicted molar refractivity (Wildman–Crippen MR) is 73.9 cm³/mol. The van der Waals surface area contributed by atoms with Crippen LogP contribution in [-0.2, 0) is 6.42 Å². The van der Waals surface area contributed by atoms with Crippen molar-refractivity contribution in [3.05, 3.63) is 41.2 Å². The van der Waals surface area contributed by atoms with Gasteiger partial charge in [-0.1, -0.05) is 6.92 Å². The summed E-state index contributed by atoms with van der Waals surface area (Å²) in [6.45, 7) is 3.91. The molecule has 4 nitrogen and oxygen atoms in total. The molecule has 3 rings (SSSR count). The molecule has 2 aromatic heterocycles. The fraction of sp³-hybridized carbons (Fsp3) is 0.267. The Hall–Kier alpha value is -2.48. The number of halogens is 1. The monoisotopic (exact) mass is 268 g/mol. The number of rotatable bonds is 2. The lowest BCUT2D eigenvalue weighted by Gasteiger charge is -2.06. The molecule has 0 spiro atoms. The molecule has 100 valence electrons. The van der Waals surface area contributed by atoms with Gasteiger partial charge in [0.25, 0.3) is 0 Å². The predicted octanol–water partition coefficient (Wildman–Crippen LogP) is 3.15. The Bertz CT molecular complexity index is 858. The Morgan fingerprint density at radius 1 is 1.35 bits per heavy atom. The molecule has 0 fully saturated rings. The Kier molecular flexibility index (Phi) is 2.87. The van der Waals surface area contributed by atoms with Crippen LogP contribution in [0.1, 0.15) is 30.6 Å². The van der Waals surface area contributed by atoms with E-state index in [0.29, 0.717) is 22.2 Å². The molecule has 0 aliphatic rings. The molecule has 2 heterocycles. The first-order valence-corrected chi connectivity index (χ1v) is 6.53. The molecular weight excluding hydrogens is 255 g/mol. The van der Waals surface area contributed by atoms with E-state index in [1.807, 2.05) is 11.3 Å². The summed E-state index contributed by atoms with van der Waals surface area (Å²) in [5.74, 6) is 0.522. The maximum absolute atomic E-state index is 13.5. The van der Waals surface area contributed by atoms with Crippen LogP contribution in [0.3, 0.4) is 0 Å². The molecule has 0 saturated carbocycles. The van der Waals surface area contributed by atoms with Crippen LogP contribution in [0.2, 0.25) is 0 Å². The zero-order chi connectivity index (χ0) is 14.3. The second-order valence-electron chi connectivity index (χ2n) is 4.75. The number of nitrogens with zero attached hydrogens (tertiary/aromatic N) is 4. The van der Waals surface area contributed by atoms with Gasteiger partial charge in [0.2, 0.25) is 0 Å². The molecule has 0 aliphatic heterocycles. The van der Waals surface area contributed by atoms with Gasteiger partial charge in [0.1, 0.15) is 23.2 Å². The lowest BCUT2D eigenvalue weighted by molar-refractivity contribution is 0.629. The Morgan fingerprint density at radius 2 is 2.15 bits per heavy atom. The number of imidazole rings is 1. The van der Waals surface area contributed by atoms with E-state index in [1.54, 1.807) is 6.07 Å². The largest absolute Gasteiger partial charge is 0.292 e. The van der Waals surface area contributed by atoms with Crippen LogP contribution in [0.15, 0.2) is 18.2 Å². The summed E-state index contributed by atoms with van der Waals surface area (Å²) in [6, 6.07) is 6.49. The van der Waals surface area contributed by atoms with Gasteiger partial charge < -0.3 is 0 Å². The molecule has 0 amide bonds. The molecule has 0 saturated heterocycles. The average Bonchev–Trinajstić information content (AvgIpc) is 2.76. The molecule has 5 heteroatoms. The van der Waals surface area contributed by atoms with Crippen molar-refractivity contribution in [2.24, 2.45) is 0 Å². The normalized spacial score (nSPS) is 11.1. The van der Waals surface area contributed by atoms with Gasteiger partial charge in [0.05, 0.1) is 16.7 Å². The van der Waals surface area contributed by atoms with Gasteiger partial charge >= 0.3 is 0 Å². The van der Waals surface area contributed by atoms with Gasteiger partial charge in [-0.25, -0.2) is 14.4 Å². The van der Waals surface area contributed by atoms with Crippen molar-refractivity contribution in [3.63, 3.8) is 0 Å². The number of aromatic nitrogens is 3. The molecule has 0 atom stereocenters. The van der Waals surface area contributed by atoms with Crippen LogP contribution in [0.25, 0.3) is 16.6 Å². The highest BCUT2D eigenvalue weighted by Crippen LogP contribution is 2.24. The summed E-state index contributed by atoms with van der Waals surface area (Å²) in [7, 11) is 0. The molecule has 0 aliphatic carbocycles. The minimum atomic E-state index is -0.320. The van der Waals surface area contributed by atoms with Gasteiger partial charge in [-0.15, -0.1) is 0 Å². The first-order chi connectivity index (χ1) is 9.65. The maximum atomic E-state index is 13.5. The van der Waals surface area contributed by atoms with E-state index in [1.165, 1.54) is 12.1 Å². The summed E-state index contributed by atoms with van der Waals surface area (Å²) in [5, 5.41) is 9.29. The molecule has 0 bridgehead atoms.